The van der Waals surface area contributed by atoms with Crippen molar-refractivity contribution in [2.24, 2.45) is 5.92 Å². The Morgan fingerprint density at radius 3 is 2.89 bits per heavy atom. The third-order valence-corrected chi connectivity index (χ3v) is 3.62. The summed E-state index contributed by atoms with van der Waals surface area (Å²) in [6.07, 6.45) is 6.52. The summed E-state index contributed by atoms with van der Waals surface area (Å²) in [7, 11) is 2.03. The highest BCUT2D eigenvalue weighted by Crippen LogP contribution is 2.18. The number of rotatable bonds is 6. The minimum absolute atomic E-state index is 0.149. The molecule has 1 aliphatic heterocycles. The minimum Gasteiger partial charge on any atom is -0.394 e. The number of likely N-dealkylation sites (tertiary alicyclic amines) is 1. The fourth-order valence-corrected chi connectivity index (χ4v) is 2.61. The van der Waals surface area contributed by atoms with Crippen LogP contribution in [0.5, 0.6) is 0 Å². The van der Waals surface area contributed by atoms with E-state index in [2.05, 4.69) is 15.3 Å². The molecule has 0 aliphatic carbocycles. The molecule has 0 aromatic carbocycles. The van der Waals surface area contributed by atoms with Gasteiger partial charge in [-0.3, -0.25) is 9.58 Å². The average Bonchev–Trinajstić information content (AvgIpc) is 2.80. The summed E-state index contributed by atoms with van der Waals surface area (Å²) in [6, 6.07) is 0. The van der Waals surface area contributed by atoms with Crippen LogP contribution < -0.4 is 5.32 Å². The van der Waals surface area contributed by atoms with Gasteiger partial charge in [0.1, 0.15) is 0 Å². The first-order valence-corrected chi connectivity index (χ1v) is 6.81. The normalized spacial score (nSPS) is 18.3. The van der Waals surface area contributed by atoms with Gasteiger partial charge in [0.15, 0.2) is 0 Å². The number of aliphatic hydroxyl groups excluding tert-OH is 1. The van der Waals surface area contributed by atoms with E-state index in [9.17, 15) is 0 Å². The second-order valence-electron chi connectivity index (χ2n) is 5.11. The third kappa shape index (κ3) is 3.80. The Morgan fingerprint density at radius 1 is 1.44 bits per heavy atom. The Bertz CT molecular complexity index is 345. The molecular weight excluding hydrogens is 228 g/mol. The SMILES string of the molecule is CNCC1CCN(Cc2cnn(CCO)c2)CC1. The highest BCUT2D eigenvalue weighted by atomic mass is 16.3. The number of nitrogens with zero attached hydrogens (tertiary/aromatic N) is 3. The molecule has 2 rings (SSSR count). The summed E-state index contributed by atoms with van der Waals surface area (Å²) in [4.78, 5) is 2.49. The number of nitrogens with one attached hydrogen (secondary N) is 1. The first kappa shape index (κ1) is 13.5. The van der Waals surface area contributed by atoms with Crippen LogP contribution in [0.15, 0.2) is 12.4 Å². The third-order valence-electron chi connectivity index (χ3n) is 3.62. The fourth-order valence-electron chi connectivity index (χ4n) is 2.61. The lowest BCUT2D eigenvalue weighted by Crippen LogP contribution is -2.36. The van der Waals surface area contributed by atoms with Gasteiger partial charge in [0.2, 0.25) is 0 Å². The minimum atomic E-state index is 0.149. The summed E-state index contributed by atoms with van der Waals surface area (Å²) in [5.41, 5.74) is 1.25. The van der Waals surface area contributed by atoms with Gasteiger partial charge < -0.3 is 10.4 Å². The van der Waals surface area contributed by atoms with Crippen LogP contribution >= 0.6 is 0 Å². The molecule has 2 heterocycles. The van der Waals surface area contributed by atoms with E-state index in [1.165, 1.54) is 31.5 Å². The smallest absolute Gasteiger partial charge is 0.0640 e. The Balaban J connectivity index is 1.76. The van der Waals surface area contributed by atoms with Gasteiger partial charge in [0.05, 0.1) is 19.3 Å². The van der Waals surface area contributed by atoms with Crippen molar-refractivity contribution in [3.05, 3.63) is 18.0 Å². The van der Waals surface area contributed by atoms with E-state index in [1.54, 1.807) is 0 Å². The Hall–Kier alpha value is -0.910. The van der Waals surface area contributed by atoms with Crippen molar-refractivity contribution in [2.45, 2.75) is 25.9 Å². The highest BCUT2D eigenvalue weighted by molar-refractivity contribution is 5.03. The molecule has 2 N–H and O–H groups in total. The molecule has 0 spiro atoms. The maximum absolute atomic E-state index is 8.85. The van der Waals surface area contributed by atoms with Crippen LogP contribution in [0.2, 0.25) is 0 Å². The van der Waals surface area contributed by atoms with E-state index in [0.29, 0.717) is 6.54 Å². The lowest BCUT2D eigenvalue weighted by atomic mass is 9.97. The molecular formula is C13H24N4O. The molecule has 0 unspecified atom stereocenters. The summed E-state index contributed by atoms with van der Waals surface area (Å²) < 4.78 is 1.81. The van der Waals surface area contributed by atoms with Gasteiger partial charge in [-0.25, -0.2) is 0 Å². The zero-order valence-corrected chi connectivity index (χ0v) is 11.2. The molecule has 0 radical (unpaired) electrons. The molecule has 1 aromatic rings. The van der Waals surface area contributed by atoms with Gasteiger partial charge >= 0.3 is 0 Å². The summed E-state index contributed by atoms with van der Waals surface area (Å²) in [5, 5.41) is 16.4. The van der Waals surface area contributed by atoms with Crippen molar-refractivity contribution in [1.82, 2.24) is 20.0 Å². The monoisotopic (exact) mass is 252 g/mol. The van der Waals surface area contributed by atoms with E-state index in [0.717, 1.165) is 19.0 Å². The molecule has 5 heteroatoms. The molecule has 5 nitrogen and oxygen atoms in total. The quantitative estimate of drug-likeness (QED) is 0.765. The topological polar surface area (TPSA) is 53.3 Å². The van der Waals surface area contributed by atoms with Gasteiger partial charge in [-0.2, -0.15) is 5.10 Å². The zero-order chi connectivity index (χ0) is 12.8. The van der Waals surface area contributed by atoms with Crippen LogP contribution in [0.25, 0.3) is 0 Å². The van der Waals surface area contributed by atoms with Gasteiger partial charge in [0.25, 0.3) is 0 Å². The van der Waals surface area contributed by atoms with Crippen molar-refractivity contribution in [2.75, 3.05) is 33.3 Å². The van der Waals surface area contributed by atoms with Crippen LogP contribution in [0.1, 0.15) is 18.4 Å². The molecule has 1 aromatic heterocycles. The molecule has 102 valence electrons. The number of aromatic nitrogens is 2. The largest absolute Gasteiger partial charge is 0.394 e. The standard InChI is InChI=1S/C13H24N4O/c1-14-8-12-2-4-16(5-3-12)10-13-9-15-17(11-13)6-7-18/h9,11-12,14,18H,2-8,10H2,1H3. The molecule has 0 saturated carbocycles. The van der Waals surface area contributed by atoms with Gasteiger partial charge in [-0.05, 0) is 45.4 Å². The first-order chi connectivity index (χ1) is 8.81. The summed E-state index contributed by atoms with van der Waals surface area (Å²) in [6.45, 7) is 5.22. The predicted octanol–water partition coefficient (Wildman–Crippen LogP) is 0.307. The van der Waals surface area contributed by atoms with Crippen LogP contribution in [-0.4, -0.2) is 53.1 Å². The number of hydrogen-bond donors (Lipinski definition) is 2. The molecule has 0 atom stereocenters. The van der Waals surface area contributed by atoms with E-state index >= 15 is 0 Å². The number of hydrogen-bond acceptors (Lipinski definition) is 4. The molecule has 0 bridgehead atoms. The first-order valence-electron chi connectivity index (χ1n) is 6.81. The second kappa shape index (κ2) is 6.87. The molecule has 1 saturated heterocycles. The maximum atomic E-state index is 8.85. The van der Waals surface area contributed by atoms with Crippen LogP contribution in [0, 0.1) is 5.92 Å². The molecule has 1 aliphatic rings. The lowest BCUT2D eigenvalue weighted by Gasteiger charge is -2.31. The highest BCUT2D eigenvalue weighted by Gasteiger charge is 2.18. The van der Waals surface area contributed by atoms with Crippen molar-refractivity contribution < 1.29 is 5.11 Å². The fraction of sp³-hybridized carbons (Fsp3) is 0.769. The zero-order valence-electron chi connectivity index (χ0n) is 11.2. The van der Waals surface area contributed by atoms with Crippen LogP contribution in [0.4, 0.5) is 0 Å². The van der Waals surface area contributed by atoms with Crippen molar-refractivity contribution in [1.29, 1.82) is 0 Å². The van der Waals surface area contributed by atoms with Crippen LogP contribution in [-0.2, 0) is 13.1 Å². The van der Waals surface area contributed by atoms with Crippen molar-refractivity contribution in [3.8, 4) is 0 Å². The second-order valence-corrected chi connectivity index (χ2v) is 5.11. The Morgan fingerprint density at radius 2 is 2.22 bits per heavy atom. The van der Waals surface area contributed by atoms with Gasteiger partial charge in [0, 0.05) is 18.3 Å². The molecule has 18 heavy (non-hydrogen) atoms. The van der Waals surface area contributed by atoms with Crippen molar-refractivity contribution in [3.63, 3.8) is 0 Å². The van der Waals surface area contributed by atoms with Gasteiger partial charge in [-0.15, -0.1) is 0 Å². The summed E-state index contributed by atoms with van der Waals surface area (Å²) >= 11 is 0. The Kier molecular flexibility index (Phi) is 5.16. The predicted molar refractivity (Wildman–Crippen MR) is 71.2 cm³/mol. The molecule has 1 fully saturated rings. The lowest BCUT2D eigenvalue weighted by molar-refractivity contribution is 0.176. The van der Waals surface area contributed by atoms with E-state index in [-0.39, 0.29) is 6.61 Å². The van der Waals surface area contributed by atoms with E-state index < -0.39 is 0 Å². The summed E-state index contributed by atoms with van der Waals surface area (Å²) in [5.74, 6) is 0.836. The Labute approximate surface area is 109 Å². The van der Waals surface area contributed by atoms with Gasteiger partial charge in [-0.1, -0.05) is 0 Å². The van der Waals surface area contributed by atoms with Crippen molar-refractivity contribution >= 4 is 0 Å². The van der Waals surface area contributed by atoms with E-state index in [1.807, 2.05) is 24.1 Å². The average molecular weight is 252 g/mol. The molecule has 0 amide bonds. The number of piperidine rings is 1. The number of aliphatic hydroxyl groups is 1. The van der Waals surface area contributed by atoms with E-state index in [4.69, 9.17) is 5.11 Å². The maximum Gasteiger partial charge on any atom is 0.0640 e. The van der Waals surface area contributed by atoms with Crippen LogP contribution in [0.3, 0.4) is 0 Å².